The Hall–Kier alpha value is -1.09. The lowest BCUT2D eigenvalue weighted by atomic mass is 10.1. The minimum absolute atomic E-state index is 0.424. The van der Waals surface area contributed by atoms with Crippen LogP contribution >= 0.6 is 0 Å². The second-order valence-electron chi connectivity index (χ2n) is 4.52. The van der Waals surface area contributed by atoms with Crippen molar-refractivity contribution in [2.45, 2.75) is 46.7 Å². The van der Waals surface area contributed by atoms with Crippen molar-refractivity contribution >= 4 is 6.08 Å². The number of nitrogens with one attached hydrogen (secondary N) is 1. The number of nitrogens with zero attached hydrogens (tertiary/aromatic N) is 2. The number of likely N-dealkylation sites (N-methyl/N-ethyl adjacent to an activating group) is 1. The van der Waals surface area contributed by atoms with Gasteiger partial charge < -0.3 is 5.32 Å². The molecule has 1 N–H and O–H groups in total. The first-order chi connectivity index (χ1) is 7.54. The zero-order valence-corrected chi connectivity index (χ0v) is 11.0. The zero-order chi connectivity index (χ0) is 12.1. The standard InChI is InChI=1S/C13H23N3/c1-6-14-12(5)11(4)7-13-8-15-16(9-13)10(2)3/h7-10,12,14H,6H2,1-5H3. The molecule has 3 nitrogen and oxygen atoms in total. The molecule has 0 aliphatic heterocycles. The lowest BCUT2D eigenvalue weighted by Gasteiger charge is -2.12. The summed E-state index contributed by atoms with van der Waals surface area (Å²) in [7, 11) is 0. The second kappa shape index (κ2) is 5.85. The third-order valence-electron chi connectivity index (χ3n) is 2.74. The van der Waals surface area contributed by atoms with Crippen molar-refractivity contribution in [1.82, 2.24) is 15.1 Å². The number of aromatic nitrogens is 2. The highest BCUT2D eigenvalue weighted by Gasteiger charge is 2.04. The Labute approximate surface area is 98.5 Å². The van der Waals surface area contributed by atoms with Crippen molar-refractivity contribution < 1.29 is 0 Å². The summed E-state index contributed by atoms with van der Waals surface area (Å²) in [6, 6.07) is 0.848. The predicted molar refractivity (Wildman–Crippen MR) is 69.4 cm³/mol. The number of hydrogen-bond donors (Lipinski definition) is 1. The van der Waals surface area contributed by atoms with Crippen LogP contribution in [0.1, 0.15) is 46.2 Å². The van der Waals surface area contributed by atoms with E-state index in [2.05, 4.69) is 57.3 Å². The van der Waals surface area contributed by atoms with Crippen LogP contribution in [0.25, 0.3) is 6.08 Å². The fraction of sp³-hybridized carbons (Fsp3) is 0.615. The monoisotopic (exact) mass is 221 g/mol. The van der Waals surface area contributed by atoms with Gasteiger partial charge in [0.05, 0.1) is 6.20 Å². The van der Waals surface area contributed by atoms with Gasteiger partial charge in [-0.25, -0.2) is 0 Å². The van der Waals surface area contributed by atoms with Crippen molar-refractivity contribution in [2.75, 3.05) is 6.54 Å². The Balaban J connectivity index is 2.73. The molecule has 0 spiro atoms. The van der Waals surface area contributed by atoms with Gasteiger partial charge >= 0.3 is 0 Å². The van der Waals surface area contributed by atoms with E-state index in [1.807, 2.05) is 10.9 Å². The molecule has 1 aromatic rings. The first kappa shape index (κ1) is 13.0. The summed E-state index contributed by atoms with van der Waals surface area (Å²) in [5.41, 5.74) is 2.51. The first-order valence-electron chi connectivity index (χ1n) is 6.00. The molecule has 0 aliphatic carbocycles. The summed E-state index contributed by atoms with van der Waals surface area (Å²) >= 11 is 0. The molecule has 0 saturated heterocycles. The van der Waals surface area contributed by atoms with Crippen LogP contribution in [0.5, 0.6) is 0 Å². The normalized spacial score (nSPS) is 14.5. The van der Waals surface area contributed by atoms with Gasteiger partial charge in [0.2, 0.25) is 0 Å². The van der Waals surface area contributed by atoms with E-state index < -0.39 is 0 Å². The molecule has 0 fully saturated rings. The fourth-order valence-corrected chi connectivity index (χ4v) is 1.56. The van der Waals surface area contributed by atoms with Crippen LogP contribution < -0.4 is 5.32 Å². The largest absolute Gasteiger partial charge is 0.311 e. The third-order valence-corrected chi connectivity index (χ3v) is 2.74. The highest BCUT2D eigenvalue weighted by atomic mass is 15.3. The van der Waals surface area contributed by atoms with E-state index >= 15 is 0 Å². The number of hydrogen-bond acceptors (Lipinski definition) is 2. The van der Waals surface area contributed by atoms with Gasteiger partial charge in [0.25, 0.3) is 0 Å². The molecule has 0 bridgehead atoms. The van der Waals surface area contributed by atoms with Gasteiger partial charge in [0, 0.05) is 23.8 Å². The van der Waals surface area contributed by atoms with Gasteiger partial charge in [0.15, 0.2) is 0 Å². The van der Waals surface area contributed by atoms with Gasteiger partial charge in [-0.3, -0.25) is 4.68 Å². The summed E-state index contributed by atoms with van der Waals surface area (Å²) in [4.78, 5) is 0. The maximum absolute atomic E-state index is 4.33. The van der Waals surface area contributed by atoms with Gasteiger partial charge in [-0.2, -0.15) is 5.10 Å². The highest BCUT2D eigenvalue weighted by molar-refractivity contribution is 5.51. The molecule has 0 aromatic carbocycles. The van der Waals surface area contributed by atoms with Crippen LogP contribution in [-0.2, 0) is 0 Å². The van der Waals surface area contributed by atoms with E-state index in [9.17, 15) is 0 Å². The molecular weight excluding hydrogens is 198 g/mol. The Morgan fingerprint density at radius 2 is 2.19 bits per heavy atom. The van der Waals surface area contributed by atoms with E-state index in [1.54, 1.807) is 0 Å². The molecule has 90 valence electrons. The average Bonchev–Trinajstić information content (AvgIpc) is 2.66. The molecule has 1 heterocycles. The van der Waals surface area contributed by atoms with Gasteiger partial charge in [-0.15, -0.1) is 0 Å². The maximum Gasteiger partial charge on any atom is 0.0562 e. The molecule has 16 heavy (non-hydrogen) atoms. The topological polar surface area (TPSA) is 29.9 Å². The zero-order valence-electron chi connectivity index (χ0n) is 11.0. The molecule has 0 saturated carbocycles. The van der Waals surface area contributed by atoms with Gasteiger partial charge in [-0.05, 0) is 34.2 Å². The van der Waals surface area contributed by atoms with Crippen LogP contribution in [0.2, 0.25) is 0 Å². The summed E-state index contributed by atoms with van der Waals surface area (Å²) in [5, 5.41) is 7.73. The van der Waals surface area contributed by atoms with Crippen LogP contribution in [-0.4, -0.2) is 22.4 Å². The van der Waals surface area contributed by atoms with Crippen LogP contribution in [0.4, 0.5) is 0 Å². The minimum Gasteiger partial charge on any atom is -0.311 e. The maximum atomic E-state index is 4.33. The van der Waals surface area contributed by atoms with Crippen LogP contribution in [0.15, 0.2) is 18.0 Å². The van der Waals surface area contributed by atoms with Crippen molar-refractivity contribution in [2.24, 2.45) is 0 Å². The fourth-order valence-electron chi connectivity index (χ4n) is 1.56. The van der Waals surface area contributed by atoms with E-state index in [0.717, 1.165) is 6.54 Å². The van der Waals surface area contributed by atoms with Crippen molar-refractivity contribution in [3.63, 3.8) is 0 Å². The lowest BCUT2D eigenvalue weighted by molar-refractivity contribution is 0.532. The second-order valence-corrected chi connectivity index (χ2v) is 4.52. The first-order valence-corrected chi connectivity index (χ1v) is 6.00. The average molecular weight is 221 g/mol. The summed E-state index contributed by atoms with van der Waals surface area (Å²) in [6.07, 6.45) is 6.20. The molecule has 1 rings (SSSR count). The smallest absolute Gasteiger partial charge is 0.0562 e. The Bertz CT molecular complexity index is 350. The SMILES string of the molecule is CCNC(C)C(C)=Cc1cnn(C(C)C)c1. The van der Waals surface area contributed by atoms with Crippen molar-refractivity contribution in [3.8, 4) is 0 Å². The quantitative estimate of drug-likeness (QED) is 0.828. The van der Waals surface area contributed by atoms with Crippen molar-refractivity contribution in [1.29, 1.82) is 0 Å². The highest BCUT2D eigenvalue weighted by Crippen LogP contribution is 2.11. The molecule has 0 radical (unpaired) electrons. The Morgan fingerprint density at radius 1 is 1.50 bits per heavy atom. The van der Waals surface area contributed by atoms with E-state index in [1.165, 1.54) is 11.1 Å². The van der Waals surface area contributed by atoms with Gasteiger partial charge in [0.1, 0.15) is 0 Å². The predicted octanol–water partition coefficient (Wildman–Crippen LogP) is 2.87. The van der Waals surface area contributed by atoms with E-state index in [4.69, 9.17) is 0 Å². The Morgan fingerprint density at radius 3 is 2.69 bits per heavy atom. The lowest BCUT2D eigenvalue weighted by Crippen LogP contribution is -2.26. The van der Waals surface area contributed by atoms with E-state index in [-0.39, 0.29) is 0 Å². The minimum atomic E-state index is 0.424. The molecule has 1 unspecified atom stereocenters. The molecule has 1 aromatic heterocycles. The molecule has 0 aliphatic rings. The summed E-state index contributed by atoms with van der Waals surface area (Å²) < 4.78 is 1.98. The summed E-state index contributed by atoms with van der Waals surface area (Å²) in [6.45, 7) is 11.7. The van der Waals surface area contributed by atoms with E-state index in [0.29, 0.717) is 12.1 Å². The third kappa shape index (κ3) is 3.49. The molecule has 1 atom stereocenters. The molecular formula is C13H23N3. The van der Waals surface area contributed by atoms with Crippen LogP contribution in [0, 0.1) is 0 Å². The molecule has 3 heteroatoms. The van der Waals surface area contributed by atoms with Gasteiger partial charge in [-0.1, -0.05) is 18.6 Å². The number of rotatable bonds is 5. The van der Waals surface area contributed by atoms with Crippen molar-refractivity contribution in [3.05, 3.63) is 23.5 Å². The molecule has 0 amide bonds. The van der Waals surface area contributed by atoms with Crippen LogP contribution in [0.3, 0.4) is 0 Å². The Kier molecular flexibility index (Phi) is 4.74. The summed E-state index contributed by atoms with van der Waals surface area (Å²) in [5.74, 6) is 0.